The molecule has 0 radical (unpaired) electrons. The molecule has 3 rings (SSSR count). The Balaban J connectivity index is 2.05. The maximum atomic E-state index is 11.5. The van der Waals surface area contributed by atoms with Gasteiger partial charge in [0, 0.05) is 6.42 Å². The van der Waals surface area contributed by atoms with Crippen LogP contribution in [0.3, 0.4) is 0 Å². The highest BCUT2D eigenvalue weighted by molar-refractivity contribution is 5.40. The molecule has 1 atom stereocenters. The number of hydrogen-bond acceptors (Lipinski definition) is 2. The molecular formula is C21H20O2. The summed E-state index contributed by atoms with van der Waals surface area (Å²) in [6, 6.07) is 27.5. The van der Waals surface area contributed by atoms with E-state index in [1.165, 1.54) is 0 Å². The van der Waals surface area contributed by atoms with Crippen LogP contribution in [0.4, 0.5) is 0 Å². The Labute approximate surface area is 137 Å². The molecule has 0 heterocycles. The molecule has 0 spiro atoms. The smallest absolute Gasteiger partial charge is 0.119 e. The van der Waals surface area contributed by atoms with E-state index >= 15 is 0 Å². The highest BCUT2D eigenvalue weighted by Gasteiger charge is 2.31. The molecule has 0 aromatic heterocycles. The van der Waals surface area contributed by atoms with E-state index in [2.05, 4.69) is 0 Å². The van der Waals surface area contributed by atoms with Crippen molar-refractivity contribution in [1.29, 1.82) is 0 Å². The van der Waals surface area contributed by atoms with E-state index in [0.29, 0.717) is 6.42 Å². The third-order valence-corrected chi connectivity index (χ3v) is 4.12. The normalized spacial score (nSPS) is 13.3. The number of hydrogen-bond donors (Lipinski definition) is 1. The maximum Gasteiger partial charge on any atom is 0.119 e. The van der Waals surface area contributed by atoms with Gasteiger partial charge in [-0.1, -0.05) is 72.8 Å². The molecule has 0 amide bonds. The molecule has 1 N–H and O–H groups in total. The molecule has 2 heteroatoms. The zero-order valence-corrected chi connectivity index (χ0v) is 13.1. The zero-order valence-electron chi connectivity index (χ0n) is 13.1. The van der Waals surface area contributed by atoms with Crippen LogP contribution in [0, 0.1) is 0 Å². The third-order valence-electron chi connectivity index (χ3n) is 4.12. The van der Waals surface area contributed by atoms with Gasteiger partial charge in [-0.05, 0) is 28.8 Å². The minimum Gasteiger partial charge on any atom is -0.497 e. The molecular weight excluding hydrogens is 284 g/mol. The van der Waals surface area contributed by atoms with Gasteiger partial charge >= 0.3 is 0 Å². The van der Waals surface area contributed by atoms with Crippen LogP contribution in [-0.2, 0) is 12.0 Å². The van der Waals surface area contributed by atoms with Crippen molar-refractivity contribution < 1.29 is 9.84 Å². The van der Waals surface area contributed by atoms with Gasteiger partial charge < -0.3 is 9.84 Å². The Morgan fingerprint density at radius 3 is 1.83 bits per heavy atom. The maximum absolute atomic E-state index is 11.5. The molecule has 0 fully saturated rings. The molecule has 2 nitrogen and oxygen atoms in total. The summed E-state index contributed by atoms with van der Waals surface area (Å²) in [7, 11) is 1.64. The zero-order chi connectivity index (χ0) is 16.1. The van der Waals surface area contributed by atoms with Gasteiger partial charge in [0.05, 0.1) is 7.11 Å². The van der Waals surface area contributed by atoms with Crippen LogP contribution < -0.4 is 4.74 Å². The van der Waals surface area contributed by atoms with Crippen molar-refractivity contribution in [3.63, 3.8) is 0 Å². The Morgan fingerprint density at radius 2 is 1.26 bits per heavy atom. The van der Waals surface area contributed by atoms with E-state index in [0.717, 1.165) is 22.4 Å². The van der Waals surface area contributed by atoms with Crippen molar-refractivity contribution in [3.8, 4) is 5.75 Å². The Bertz CT molecular complexity index is 736. The second-order valence-electron chi connectivity index (χ2n) is 5.62. The van der Waals surface area contributed by atoms with E-state index in [1.54, 1.807) is 7.11 Å². The van der Waals surface area contributed by atoms with Gasteiger partial charge in [0.2, 0.25) is 0 Å². The third kappa shape index (κ3) is 3.27. The second-order valence-corrected chi connectivity index (χ2v) is 5.62. The molecule has 23 heavy (non-hydrogen) atoms. The van der Waals surface area contributed by atoms with E-state index in [-0.39, 0.29) is 0 Å². The number of benzene rings is 3. The summed E-state index contributed by atoms with van der Waals surface area (Å²) < 4.78 is 5.22. The summed E-state index contributed by atoms with van der Waals surface area (Å²) in [6.45, 7) is 0. The van der Waals surface area contributed by atoms with Gasteiger partial charge in [0.1, 0.15) is 11.4 Å². The van der Waals surface area contributed by atoms with Gasteiger partial charge in [-0.2, -0.15) is 0 Å². The Kier molecular flexibility index (Phi) is 4.45. The summed E-state index contributed by atoms with van der Waals surface area (Å²) in [5, 5.41) is 11.5. The average molecular weight is 304 g/mol. The first-order valence-corrected chi connectivity index (χ1v) is 7.69. The van der Waals surface area contributed by atoms with Crippen LogP contribution in [0.15, 0.2) is 84.9 Å². The molecule has 3 aromatic rings. The van der Waals surface area contributed by atoms with Crippen molar-refractivity contribution >= 4 is 0 Å². The molecule has 0 bridgehead atoms. The number of rotatable bonds is 5. The van der Waals surface area contributed by atoms with E-state index < -0.39 is 5.60 Å². The summed E-state index contributed by atoms with van der Waals surface area (Å²) in [6.07, 6.45) is 0.518. The molecule has 116 valence electrons. The van der Waals surface area contributed by atoms with Crippen molar-refractivity contribution in [2.24, 2.45) is 0 Å². The van der Waals surface area contributed by atoms with Gasteiger partial charge in [-0.15, -0.1) is 0 Å². The molecule has 0 saturated heterocycles. The van der Waals surface area contributed by atoms with Crippen molar-refractivity contribution in [2.45, 2.75) is 12.0 Å². The van der Waals surface area contributed by atoms with Crippen LogP contribution in [0.1, 0.15) is 16.7 Å². The fourth-order valence-electron chi connectivity index (χ4n) is 2.84. The standard InChI is InChI=1S/C21H20O2/c1-23-20-14-12-19(13-15-20)21(22,18-10-6-3-7-11-18)16-17-8-4-2-5-9-17/h2-15,22H,16H2,1H3/t21-/m1/s1. The van der Waals surface area contributed by atoms with Gasteiger partial charge in [-0.25, -0.2) is 0 Å². The quantitative estimate of drug-likeness (QED) is 0.766. The highest BCUT2D eigenvalue weighted by Crippen LogP contribution is 2.34. The largest absolute Gasteiger partial charge is 0.497 e. The second kappa shape index (κ2) is 6.67. The van der Waals surface area contributed by atoms with Crippen LogP contribution in [0.2, 0.25) is 0 Å². The lowest BCUT2D eigenvalue weighted by atomic mass is 9.81. The number of aliphatic hydroxyl groups is 1. The molecule has 0 unspecified atom stereocenters. The number of ether oxygens (including phenoxy) is 1. The molecule has 3 aromatic carbocycles. The van der Waals surface area contributed by atoms with Crippen LogP contribution in [0.5, 0.6) is 5.75 Å². The van der Waals surface area contributed by atoms with Crippen molar-refractivity contribution in [1.82, 2.24) is 0 Å². The lowest BCUT2D eigenvalue weighted by molar-refractivity contribution is 0.0811. The van der Waals surface area contributed by atoms with Gasteiger partial charge in [0.25, 0.3) is 0 Å². The highest BCUT2D eigenvalue weighted by atomic mass is 16.5. The summed E-state index contributed by atoms with van der Waals surface area (Å²) >= 11 is 0. The van der Waals surface area contributed by atoms with E-state index in [4.69, 9.17) is 4.74 Å². The fourth-order valence-corrected chi connectivity index (χ4v) is 2.84. The minimum atomic E-state index is -1.07. The van der Waals surface area contributed by atoms with Gasteiger partial charge in [0.15, 0.2) is 0 Å². The molecule has 0 aliphatic heterocycles. The van der Waals surface area contributed by atoms with Gasteiger partial charge in [-0.3, -0.25) is 0 Å². The lowest BCUT2D eigenvalue weighted by Crippen LogP contribution is -2.30. The SMILES string of the molecule is COc1ccc([C@@](O)(Cc2ccccc2)c2ccccc2)cc1. The minimum absolute atomic E-state index is 0.518. The van der Waals surface area contributed by atoms with Crippen LogP contribution >= 0.6 is 0 Å². The van der Waals surface area contributed by atoms with Crippen LogP contribution in [-0.4, -0.2) is 12.2 Å². The average Bonchev–Trinajstić information content (AvgIpc) is 2.63. The van der Waals surface area contributed by atoms with E-state index in [9.17, 15) is 5.11 Å². The number of methoxy groups -OCH3 is 1. The first-order chi connectivity index (χ1) is 11.2. The topological polar surface area (TPSA) is 29.5 Å². The predicted octanol–water partition coefficient (Wildman–Crippen LogP) is 4.17. The lowest BCUT2D eigenvalue weighted by Gasteiger charge is -2.30. The van der Waals surface area contributed by atoms with Crippen molar-refractivity contribution in [2.75, 3.05) is 7.11 Å². The van der Waals surface area contributed by atoms with E-state index in [1.807, 2.05) is 84.9 Å². The summed E-state index contributed by atoms with van der Waals surface area (Å²) in [5.74, 6) is 0.781. The monoisotopic (exact) mass is 304 g/mol. The van der Waals surface area contributed by atoms with Crippen LogP contribution in [0.25, 0.3) is 0 Å². The molecule has 0 aliphatic carbocycles. The predicted molar refractivity (Wildman–Crippen MR) is 92.6 cm³/mol. The summed E-state index contributed by atoms with van der Waals surface area (Å²) in [5.41, 5.74) is 1.76. The molecule has 0 aliphatic rings. The first-order valence-electron chi connectivity index (χ1n) is 7.69. The Morgan fingerprint density at radius 1 is 0.739 bits per heavy atom. The Hall–Kier alpha value is -2.58. The molecule has 0 saturated carbocycles. The first kappa shape index (κ1) is 15.3. The fraction of sp³-hybridized carbons (Fsp3) is 0.143. The summed E-state index contributed by atoms with van der Waals surface area (Å²) in [4.78, 5) is 0. The van der Waals surface area contributed by atoms with Crippen molar-refractivity contribution in [3.05, 3.63) is 102 Å².